The number of rotatable bonds is 10. The molecule has 0 saturated heterocycles. The van der Waals surface area contributed by atoms with Crippen LogP contribution in [0.15, 0.2) is 24.3 Å². The molecule has 0 aliphatic rings. The number of nitrogens with one attached hydrogen (secondary N) is 3. The number of nitrogens with two attached hydrogens (primary N) is 1. The lowest BCUT2D eigenvalue weighted by atomic mass is 10.2. The topological polar surface area (TPSA) is 154 Å². The molecule has 1 aromatic carbocycles. The fraction of sp³-hybridized carbons (Fsp3) is 0.417. The molecule has 12 nitrogen and oxygen atoms in total. The van der Waals surface area contributed by atoms with Gasteiger partial charge in [0.05, 0.1) is 14.2 Å². The number of fused-ring (bicyclic) bond motifs is 1. The summed E-state index contributed by atoms with van der Waals surface area (Å²) in [5, 5.41) is 13.7. The molecule has 12 heteroatoms. The molecule has 0 atom stereocenters. The van der Waals surface area contributed by atoms with Gasteiger partial charge in [0.1, 0.15) is 28.5 Å². The number of aryl methyl sites for hydroxylation is 1. The molecule has 0 bridgehead atoms. The number of nitrogens with zero attached hydrogens (tertiary/aromatic N) is 3. The smallest absolute Gasteiger partial charge is 0.407 e. The van der Waals surface area contributed by atoms with Crippen molar-refractivity contribution in [1.29, 1.82) is 0 Å². The van der Waals surface area contributed by atoms with Crippen molar-refractivity contribution in [2.24, 2.45) is 5.73 Å². The molecular weight excluding hydrogens is 466 g/mol. The molecule has 0 aliphatic carbocycles. The van der Waals surface area contributed by atoms with Gasteiger partial charge in [-0.15, -0.1) is 5.10 Å². The van der Waals surface area contributed by atoms with Crippen molar-refractivity contribution in [1.82, 2.24) is 19.9 Å². The summed E-state index contributed by atoms with van der Waals surface area (Å²) in [7, 11) is 3.10. The second-order valence-electron chi connectivity index (χ2n) is 9.04. The van der Waals surface area contributed by atoms with Crippen LogP contribution >= 0.6 is 0 Å². The van der Waals surface area contributed by atoms with Gasteiger partial charge in [-0.3, -0.25) is 4.79 Å². The number of methoxy groups -OCH3 is 2. The maximum Gasteiger partial charge on any atom is 0.407 e. The summed E-state index contributed by atoms with van der Waals surface area (Å²) < 4.78 is 17.4. The second kappa shape index (κ2) is 11.0. The van der Waals surface area contributed by atoms with Gasteiger partial charge in [-0.2, -0.15) is 4.52 Å². The van der Waals surface area contributed by atoms with E-state index in [1.807, 2.05) is 33.8 Å². The van der Waals surface area contributed by atoms with Gasteiger partial charge >= 0.3 is 6.09 Å². The molecule has 2 amide bonds. The Hall–Kier alpha value is -4.22. The van der Waals surface area contributed by atoms with Gasteiger partial charge in [-0.1, -0.05) is 0 Å². The first-order valence-corrected chi connectivity index (χ1v) is 11.4. The standard InChI is InChI=1S/C24H33N7O5/c1-14-10-18(26-8-7-9-27-23(33)36-24(2,3)4)31-22(28-14)19(20(25)32)21(30-31)29-15-11-16(34-5)13-17(12-15)35-6/h10-13,26H,7-9H2,1-6H3,(H2,25,32)(H,27,33)(H,29,30). The predicted molar refractivity (Wildman–Crippen MR) is 136 cm³/mol. The Morgan fingerprint density at radius 2 is 1.72 bits per heavy atom. The molecule has 0 unspecified atom stereocenters. The quantitative estimate of drug-likeness (QED) is 0.308. The fourth-order valence-electron chi connectivity index (χ4n) is 3.40. The van der Waals surface area contributed by atoms with Crippen LogP contribution in [0.5, 0.6) is 11.5 Å². The zero-order valence-corrected chi connectivity index (χ0v) is 21.4. The number of carbonyl (C=O) groups excluding carboxylic acids is 2. The van der Waals surface area contributed by atoms with Gasteiger partial charge in [0.15, 0.2) is 11.5 Å². The highest BCUT2D eigenvalue weighted by molar-refractivity contribution is 6.04. The van der Waals surface area contributed by atoms with E-state index >= 15 is 0 Å². The first-order valence-electron chi connectivity index (χ1n) is 11.4. The van der Waals surface area contributed by atoms with E-state index in [0.717, 1.165) is 0 Å². The molecule has 0 aliphatic heterocycles. The van der Waals surface area contributed by atoms with Gasteiger partial charge in [0.25, 0.3) is 5.91 Å². The molecule has 3 aromatic rings. The lowest BCUT2D eigenvalue weighted by Gasteiger charge is -2.19. The van der Waals surface area contributed by atoms with Crippen molar-refractivity contribution < 1.29 is 23.8 Å². The number of carbonyl (C=O) groups is 2. The molecule has 194 valence electrons. The zero-order chi connectivity index (χ0) is 26.5. The minimum Gasteiger partial charge on any atom is -0.497 e. The van der Waals surface area contributed by atoms with E-state index in [-0.39, 0.29) is 11.4 Å². The highest BCUT2D eigenvalue weighted by Gasteiger charge is 2.22. The fourth-order valence-corrected chi connectivity index (χ4v) is 3.40. The molecule has 0 saturated carbocycles. The summed E-state index contributed by atoms with van der Waals surface area (Å²) in [6.45, 7) is 8.19. The Kier molecular flexibility index (Phi) is 8.07. The normalized spacial score (nSPS) is 11.2. The summed E-state index contributed by atoms with van der Waals surface area (Å²) in [6, 6.07) is 7.03. The van der Waals surface area contributed by atoms with E-state index in [1.54, 1.807) is 32.4 Å². The number of alkyl carbamates (subject to hydrolysis) is 1. The number of aromatic nitrogens is 3. The average molecular weight is 500 g/mol. The van der Waals surface area contributed by atoms with Crippen LogP contribution in [-0.4, -0.2) is 59.5 Å². The van der Waals surface area contributed by atoms with Gasteiger partial charge in [0, 0.05) is 48.7 Å². The summed E-state index contributed by atoms with van der Waals surface area (Å²) >= 11 is 0. The lowest BCUT2D eigenvalue weighted by Crippen LogP contribution is -2.33. The van der Waals surface area contributed by atoms with Crippen LogP contribution in [0.2, 0.25) is 0 Å². The number of anilines is 3. The van der Waals surface area contributed by atoms with E-state index in [0.29, 0.717) is 53.9 Å². The van der Waals surface area contributed by atoms with Crippen molar-refractivity contribution >= 4 is 35.0 Å². The maximum atomic E-state index is 12.4. The Bertz CT molecular complexity index is 1230. The second-order valence-corrected chi connectivity index (χ2v) is 9.04. The summed E-state index contributed by atoms with van der Waals surface area (Å²) in [4.78, 5) is 28.7. The first kappa shape index (κ1) is 26.4. The third kappa shape index (κ3) is 6.68. The van der Waals surface area contributed by atoms with E-state index in [4.69, 9.17) is 19.9 Å². The van der Waals surface area contributed by atoms with Crippen molar-refractivity contribution in [3.63, 3.8) is 0 Å². The first-order chi connectivity index (χ1) is 17.0. The molecule has 36 heavy (non-hydrogen) atoms. The maximum absolute atomic E-state index is 12.4. The highest BCUT2D eigenvalue weighted by Crippen LogP contribution is 2.30. The molecule has 5 N–H and O–H groups in total. The molecule has 2 heterocycles. The Morgan fingerprint density at radius 3 is 2.31 bits per heavy atom. The van der Waals surface area contributed by atoms with Crippen LogP contribution in [0.3, 0.4) is 0 Å². The number of primary amides is 1. The van der Waals surface area contributed by atoms with Crippen molar-refractivity contribution in [2.45, 2.75) is 39.7 Å². The third-order valence-electron chi connectivity index (χ3n) is 4.91. The van der Waals surface area contributed by atoms with Crippen LogP contribution in [0.1, 0.15) is 43.2 Å². The predicted octanol–water partition coefficient (Wildman–Crippen LogP) is 3.22. The number of amides is 2. The van der Waals surface area contributed by atoms with Gasteiger partial charge < -0.3 is 35.9 Å². The molecular formula is C24H33N7O5. The molecule has 0 fully saturated rings. The van der Waals surface area contributed by atoms with Gasteiger partial charge in [-0.05, 0) is 34.1 Å². The van der Waals surface area contributed by atoms with Crippen molar-refractivity contribution in [3.05, 3.63) is 35.5 Å². The van der Waals surface area contributed by atoms with Crippen LogP contribution < -0.4 is 31.2 Å². The van der Waals surface area contributed by atoms with Crippen molar-refractivity contribution in [3.8, 4) is 11.5 Å². The molecule has 3 rings (SSSR count). The molecule has 0 radical (unpaired) electrons. The van der Waals surface area contributed by atoms with Gasteiger partial charge in [-0.25, -0.2) is 9.78 Å². The number of hydrogen-bond donors (Lipinski definition) is 4. The van der Waals surface area contributed by atoms with E-state index in [9.17, 15) is 9.59 Å². The van der Waals surface area contributed by atoms with E-state index < -0.39 is 17.6 Å². The zero-order valence-electron chi connectivity index (χ0n) is 21.4. The van der Waals surface area contributed by atoms with Crippen molar-refractivity contribution in [2.75, 3.05) is 37.9 Å². The SMILES string of the molecule is COc1cc(Nc2nn3c(NCCCNC(=O)OC(C)(C)C)cc(C)nc3c2C(N)=O)cc(OC)c1. The number of ether oxygens (including phenoxy) is 3. The van der Waals surface area contributed by atoms with Crippen LogP contribution in [0.4, 0.5) is 22.1 Å². The minimum absolute atomic E-state index is 0.148. The summed E-state index contributed by atoms with van der Waals surface area (Å²) in [5.74, 6) is 1.32. The Labute approximate surface area is 209 Å². The van der Waals surface area contributed by atoms with E-state index in [2.05, 4.69) is 26.0 Å². The summed E-state index contributed by atoms with van der Waals surface area (Å²) in [6.07, 6.45) is 0.161. The third-order valence-corrected chi connectivity index (χ3v) is 4.91. The molecule has 0 spiro atoms. The Morgan fingerprint density at radius 1 is 1.06 bits per heavy atom. The minimum atomic E-state index is -0.673. The van der Waals surface area contributed by atoms with E-state index in [1.165, 1.54) is 4.52 Å². The highest BCUT2D eigenvalue weighted by atomic mass is 16.6. The van der Waals surface area contributed by atoms with Crippen LogP contribution in [0, 0.1) is 6.92 Å². The monoisotopic (exact) mass is 499 g/mol. The van der Waals surface area contributed by atoms with Gasteiger partial charge in [0.2, 0.25) is 0 Å². The lowest BCUT2D eigenvalue weighted by molar-refractivity contribution is 0.0527. The summed E-state index contributed by atoms with van der Waals surface area (Å²) in [5.41, 5.74) is 6.89. The number of benzene rings is 1. The number of hydrogen-bond acceptors (Lipinski definition) is 9. The van der Waals surface area contributed by atoms with Crippen LogP contribution in [-0.2, 0) is 4.74 Å². The molecule has 2 aromatic heterocycles. The van der Waals surface area contributed by atoms with Crippen LogP contribution in [0.25, 0.3) is 5.65 Å². The average Bonchev–Trinajstić information content (AvgIpc) is 3.15. The largest absolute Gasteiger partial charge is 0.497 e. The Balaban J connectivity index is 1.81.